The fourth-order valence-corrected chi connectivity index (χ4v) is 2.92. The van der Waals surface area contributed by atoms with Gasteiger partial charge < -0.3 is 0 Å². The van der Waals surface area contributed by atoms with Crippen molar-refractivity contribution < 1.29 is 0 Å². The van der Waals surface area contributed by atoms with E-state index in [9.17, 15) is 0 Å². The summed E-state index contributed by atoms with van der Waals surface area (Å²) in [4.78, 5) is 9.35. The maximum absolute atomic E-state index is 4.68. The van der Waals surface area contributed by atoms with Crippen molar-refractivity contribution in [2.45, 2.75) is 26.7 Å². The summed E-state index contributed by atoms with van der Waals surface area (Å²) in [5.74, 6) is 2.53. The van der Waals surface area contributed by atoms with Gasteiger partial charge in [-0.2, -0.15) is 10.2 Å². The minimum absolute atomic E-state index is 0.737. The first-order valence-corrected chi connectivity index (χ1v) is 8.39. The van der Waals surface area contributed by atoms with Gasteiger partial charge in [0.2, 0.25) is 0 Å². The molecule has 0 radical (unpaired) electrons. The molecule has 0 spiro atoms. The first-order valence-electron chi connectivity index (χ1n) is 8.39. The molecule has 4 aromatic rings. The van der Waals surface area contributed by atoms with E-state index in [0.717, 1.165) is 52.8 Å². The van der Waals surface area contributed by atoms with Gasteiger partial charge in [-0.1, -0.05) is 36.4 Å². The van der Waals surface area contributed by atoms with Crippen molar-refractivity contribution in [1.29, 1.82) is 0 Å². The van der Waals surface area contributed by atoms with Gasteiger partial charge in [-0.15, -0.1) is 0 Å². The number of hydrogen-bond donors (Lipinski definition) is 0. The zero-order valence-corrected chi connectivity index (χ0v) is 14.6. The number of rotatable bonds is 4. The van der Waals surface area contributed by atoms with E-state index in [4.69, 9.17) is 0 Å². The van der Waals surface area contributed by atoms with Gasteiger partial charge >= 0.3 is 0 Å². The molecule has 0 aliphatic rings. The van der Waals surface area contributed by atoms with Crippen LogP contribution in [0, 0.1) is 13.8 Å². The smallest absolute Gasteiger partial charge is 0.181 e. The fraction of sp³-hybridized carbons (Fsp3) is 0.263. The van der Waals surface area contributed by atoms with Crippen LogP contribution in [0.1, 0.15) is 22.9 Å². The van der Waals surface area contributed by atoms with Crippen molar-refractivity contribution in [3.8, 4) is 11.4 Å². The first kappa shape index (κ1) is 15.5. The summed E-state index contributed by atoms with van der Waals surface area (Å²) in [6.45, 7) is 4.10. The van der Waals surface area contributed by atoms with Crippen molar-refractivity contribution >= 4 is 5.65 Å². The van der Waals surface area contributed by atoms with Gasteiger partial charge in [0, 0.05) is 31.1 Å². The molecule has 0 amide bonds. The van der Waals surface area contributed by atoms with Crippen molar-refractivity contribution in [2.75, 3.05) is 0 Å². The van der Waals surface area contributed by atoms with E-state index >= 15 is 0 Å². The molecule has 3 aromatic heterocycles. The van der Waals surface area contributed by atoms with Crippen molar-refractivity contribution in [2.24, 2.45) is 7.05 Å². The standard InChI is InChI=1S/C19H20N6/c1-13-9-10-14(2)25-19(13)20-16(22-25)11-12-17-21-18(23-24(17)3)15-7-5-4-6-8-15/h4-10H,11-12H2,1-3H3. The normalized spacial score (nSPS) is 11.3. The quantitative estimate of drug-likeness (QED) is 0.576. The second-order valence-electron chi connectivity index (χ2n) is 6.26. The monoisotopic (exact) mass is 332 g/mol. The van der Waals surface area contributed by atoms with Gasteiger partial charge in [-0.25, -0.2) is 14.5 Å². The molecular formula is C19H20N6. The molecule has 0 aliphatic heterocycles. The molecule has 0 unspecified atom stereocenters. The molecule has 3 heterocycles. The van der Waals surface area contributed by atoms with Crippen molar-refractivity contribution in [3.05, 3.63) is 65.4 Å². The predicted octanol–water partition coefficient (Wildman–Crippen LogP) is 2.93. The van der Waals surface area contributed by atoms with E-state index in [1.54, 1.807) is 0 Å². The Morgan fingerprint density at radius 1 is 0.880 bits per heavy atom. The van der Waals surface area contributed by atoms with Crippen LogP contribution in [0.5, 0.6) is 0 Å². The van der Waals surface area contributed by atoms with Gasteiger partial charge in [-0.3, -0.25) is 4.68 Å². The summed E-state index contributed by atoms with van der Waals surface area (Å²) < 4.78 is 3.76. The van der Waals surface area contributed by atoms with E-state index in [0.29, 0.717) is 0 Å². The highest BCUT2D eigenvalue weighted by molar-refractivity contribution is 5.54. The summed E-state index contributed by atoms with van der Waals surface area (Å²) in [6, 6.07) is 14.2. The van der Waals surface area contributed by atoms with E-state index in [1.165, 1.54) is 0 Å². The molecule has 6 heteroatoms. The molecule has 0 atom stereocenters. The van der Waals surface area contributed by atoms with Crippen LogP contribution < -0.4 is 0 Å². The third kappa shape index (κ3) is 2.91. The molecule has 6 nitrogen and oxygen atoms in total. The topological polar surface area (TPSA) is 60.9 Å². The Balaban J connectivity index is 1.57. The maximum atomic E-state index is 4.68. The summed E-state index contributed by atoms with van der Waals surface area (Å²) in [5.41, 5.74) is 4.18. The lowest BCUT2D eigenvalue weighted by Crippen LogP contribution is -2.03. The first-order chi connectivity index (χ1) is 12.1. The van der Waals surface area contributed by atoms with Crippen LogP contribution in [0.25, 0.3) is 17.0 Å². The minimum Gasteiger partial charge on any atom is -0.253 e. The van der Waals surface area contributed by atoms with Crippen LogP contribution in [0.2, 0.25) is 0 Å². The largest absolute Gasteiger partial charge is 0.253 e. The molecule has 0 N–H and O–H groups in total. The molecule has 0 saturated heterocycles. The third-order valence-electron chi connectivity index (χ3n) is 4.37. The lowest BCUT2D eigenvalue weighted by atomic mass is 10.2. The third-order valence-corrected chi connectivity index (χ3v) is 4.37. The molecule has 1 aromatic carbocycles. The summed E-state index contributed by atoms with van der Waals surface area (Å²) in [5, 5.41) is 9.15. The lowest BCUT2D eigenvalue weighted by Gasteiger charge is -1.98. The molecule has 0 fully saturated rings. The second kappa shape index (κ2) is 6.12. The highest BCUT2D eigenvalue weighted by Gasteiger charge is 2.12. The molecular weight excluding hydrogens is 312 g/mol. The number of fused-ring (bicyclic) bond motifs is 1. The van der Waals surface area contributed by atoms with Crippen LogP contribution in [-0.2, 0) is 19.9 Å². The molecule has 0 saturated carbocycles. The summed E-state index contributed by atoms with van der Waals surface area (Å²) in [7, 11) is 1.93. The average molecular weight is 332 g/mol. The van der Waals surface area contributed by atoms with Gasteiger partial charge in [0.15, 0.2) is 17.3 Å². The highest BCUT2D eigenvalue weighted by atomic mass is 15.3. The number of pyridine rings is 1. The van der Waals surface area contributed by atoms with Gasteiger partial charge in [0.1, 0.15) is 5.82 Å². The maximum Gasteiger partial charge on any atom is 0.181 e. The van der Waals surface area contributed by atoms with Crippen molar-refractivity contribution in [3.63, 3.8) is 0 Å². The molecule has 0 bridgehead atoms. The summed E-state index contributed by atoms with van der Waals surface area (Å²) in [6.07, 6.45) is 1.49. The summed E-state index contributed by atoms with van der Waals surface area (Å²) >= 11 is 0. The van der Waals surface area contributed by atoms with Crippen LogP contribution in [-0.4, -0.2) is 29.4 Å². The zero-order chi connectivity index (χ0) is 17.4. The molecule has 4 rings (SSSR count). The Hall–Kier alpha value is -3.02. The number of aromatic nitrogens is 6. The fourth-order valence-electron chi connectivity index (χ4n) is 2.92. The van der Waals surface area contributed by atoms with E-state index in [-0.39, 0.29) is 0 Å². The van der Waals surface area contributed by atoms with E-state index < -0.39 is 0 Å². The predicted molar refractivity (Wildman–Crippen MR) is 96.3 cm³/mol. The van der Waals surface area contributed by atoms with Gasteiger partial charge in [0.25, 0.3) is 0 Å². The number of benzene rings is 1. The van der Waals surface area contributed by atoms with Gasteiger partial charge in [-0.05, 0) is 25.5 Å². The Bertz CT molecular complexity index is 990. The number of aryl methyl sites for hydroxylation is 5. The molecule has 0 aliphatic carbocycles. The minimum atomic E-state index is 0.737. The number of hydrogen-bond acceptors (Lipinski definition) is 4. The van der Waals surface area contributed by atoms with E-state index in [1.807, 2.05) is 53.5 Å². The average Bonchev–Trinajstić information content (AvgIpc) is 3.22. The van der Waals surface area contributed by atoms with E-state index in [2.05, 4.69) is 39.2 Å². The number of nitrogens with zero attached hydrogens (tertiary/aromatic N) is 6. The van der Waals surface area contributed by atoms with Crippen molar-refractivity contribution in [1.82, 2.24) is 29.4 Å². The molecule has 126 valence electrons. The highest BCUT2D eigenvalue weighted by Crippen LogP contribution is 2.16. The lowest BCUT2D eigenvalue weighted by molar-refractivity contribution is 0.683. The Morgan fingerprint density at radius 2 is 1.68 bits per heavy atom. The Kier molecular flexibility index (Phi) is 3.80. The van der Waals surface area contributed by atoms with Crippen LogP contribution >= 0.6 is 0 Å². The zero-order valence-electron chi connectivity index (χ0n) is 14.6. The van der Waals surface area contributed by atoms with Crippen LogP contribution in [0.15, 0.2) is 42.5 Å². The SMILES string of the molecule is Cc1ccc(C)n2nc(CCc3nc(-c4ccccc4)nn3C)nc12. The van der Waals surface area contributed by atoms with Crippen LogP contribution in [0.4, 0.5) is 0 Å². The second-order valence-corrected chi connectivity index (χ2v) is 6.26. The van der Waals surface area contributed by atoms with Crippen LogP contribution in [0.3, 0.4) is 0 Å². The van der Waals surface area contributed by atoms with Gasteiger partial charge in [0.05, 0.1) is 0 Å². The Labute approximate surface area is 146 Å². The molecule has 25 heavy (non-hydrogen) atoms. The Morgan fingerprint density at radius 3 is 2.44 bits per heavy atom.